The normalized spacial score (nSPS) is 22.3. The van der Waals surface area contributed by atoms with E-state index in [0.717, 1.165) is 0 Å². The van der Waals surface area contributed by atoms with E-state index in [-0.39, 0.29) is 11.9 Å². The summed E-state index contributed by atoms with van der Waals surface area (Å²) in [6.45, 7) is 2.09. The lowest BCUT2D eigenvalue weighted by molar-refractivity contribution is -0.146. The number of ether oxygens (including phenoxy) is 1. The molecule has 5 heteroatoms. The van der Waals surface area contributed by atoms with Gasteiger partial charge < -0.3 is 15.3 Å². The Morgan fingerprint density at radius 3 is 3.18 bits per heavy atom. The Morgan fingerprint density at radius 1 is 2.00 bits per heavy atom. The Balaban J connectivity index is 2.43. The molecule has 0 spiro atoms. The summed E-state index contributed by atoms with van der Waals surface area (Å²) in [5.41, 5.74) is 7.63. The van der Waals surface area contributed by atoms with Gasteiger partial charge in [-0.05, 0) is 6.92 Å². The molecule has 0 aromatic rings. The van der Waals surface area contributed by atoms with Crippen LogP contribution in [0.3, 0.4) is 0 Å². The maximum Gasteiger partial charge on any atom is 0.330 e. The summed E-state index contributed by atoms with van der Waals surface area (Å²) in [6, 6.07) is -0.560. The summed E-state index contributed by atoms with van der Waals surface area (Å²) in [6.07, 6.45) is 1.46. The van der Waals surface area contributed by atoms with Gasteiger partial charge in [0.2, 0.25) is 5.88 Å². The molecule has 0 saturated heterocycles. The van der Waals surface area contributed by atoms with Gasteiger partial charge in [0.05, 0.1) is 6.61 Å². The number of nitrogens with one attached hydrogen (secondary N) is 1. The first-order chi connectivity index (χ1) is 5.24. The molecule has 1 aliphatic heterocycles. The predicted octanol–water partition coefficient (Wildman–Crippen LogP) is -0.747. The quantitative estimate of drug-likeness (QED) is 0.517. The van der Waals surface area contributed by atoms with Crippen molar-refractivity contribution in [2.45, 2.75) is 13.0 Å². The van der Waals surface area contributed by atoms with Gasteiger partial charge in [0, 0.05) is 6.08 Å². The van der Waals surface area contributed by atoms with E-state index in [1.54, 1.807) is 6.92 Å². The van der Waals surface area contributed by atoms with Crippen LogP contribution in [-0.2, 0) is 14.4 Å². The van der Waals surface area contributed by atoms with E-state index < -0.39 is 6.04 Å². The maximum atomic E-state index is 10.9. The average molecular weight is 158 g/mol. The minimum absolute atomic E-state index is 0.197. The minimum Gasteiger partial charge on any atom is -0.464 e. The second kappa shape index (κ2) is 3.25. The highest BCUT2D eigenvalue weighted by Crippen LogP contribution is 2.02. The smallest absolute Gasteiger partial charge is 0.330 e. The molecule has 1 atom stereocenters. The Hall–Kier alpha value is -1.23. The van der Waals surface area contributed by atoms with Gasteiger partial charge in [-0.1, -0.05) is 0 Å². The largest absolute Gasteiger partial charge is 0.464 e. The number of esters is 1. The molecule has 0 aromatic heterocycles. The fourth-order valence-electron chi connectivity index (χ4n) is 0.712. The highest BCUT2D eigenvalue weighted by Gasteiger charge is 2.23. The lowest BCUT2D eigenvalue weighted by atomic mass is 10.3. The molecule has 5 nitrogen and oxygen atoms in total. The van der Waals surface area contributed by atoms with Crippen molar-refractivity contribution in [3.05, 3.63) is 12.0 Å². The monoisotopic (exact) mass is 158 g/mol. The highest BCUT2D eigenvalue weighted by atomic mass is 16.7. The molecular weight excluding hydrogens is 148 g/mol. The van der Waals surface area contributed by atoms with Crippen molar-refractivity contribution in [1.82, 2.24) is 5.48 Å². The zero-order valence-corrected chi connectivity index (χ0v) is 6.16. The second-order valence-corrected chi connectivity index (χ2v) is 2.02. The molecule has 0 bridgehead atoms. The summed E-state index contributed by atoms with van der Waals surface area (Å²) in [5, 5.41) is 0. The average Bonchev–Trinajstić information content (AvgIpc) is 2.36. The SMILES string of the molecule is CCOC(=O)C1C=C(N)ON1. The molecule has 3 N–H and O–H groups in total. The van der Waals surface area contributed by atoms with E-state index in [1.165, 1.54) is 6.08 Å². The summed E-state index contributed by atoms with van der Waals surface area (Å²) < 4.78 is 4.69. The predicted molar refractivity (Wildman–Crippen MR) is 36.9 cm³/mol. The van der Waals surface area contributed by atoms with E-state index in [9.17, 15) is 4.79 Å². The zero-order valence-electron chi connectivity index (χ0n) is 6.16. The Bertz CT molecular complexity index is 190. The molecule has 11 heavy (non-hydrogen) atoms. The lowest BCUT2D eigenvalue weighted by Crippen LogP contribution is -2.31. The molecule has 0 amide bonds. The van der Waals surface area contributed by atoms with E-state index in [0.29, 0.717) is 6.61 Å². The van der Waals surface area contributed by atoms with Crippen LogP contribution in [-0.4, -0.2) is 18.6 Å². The Labute approximate surface area is 64.1 Å². The van der Waals surface area contributed by atoms with Crippen LogP contribution in [0.5, 0.6) is 0 Å². The van der Waals surface area contributed by atoms with Crippen LogP contribution in [0.2, 0.25) is 0 Å². The molecule has 0 aromatic carbocycles. The van der Waals surface area contributed by atoms with Crippen molar-refractivity contribution >= 4 is 5.97 Å². The summed E-state index contributed by atoms with van der Waals surface area (Å²) >= 11 is 0. The highest BCUT2D eigenvalue weighted by molar-refractivity contribution is 5.78. The van der Waals surface area contributed by atoms with Crippen LogP contribution in [0, 0.1) is 0 Å². The van der Waals surface area contributed by atoms with Gasteiger partial charge in [-0.2, -0.15) is 0 Å². The van der Waals surface area contributed by atoms with Gasteiger partial charge in [-0.15, -0.1) is 5.48 Å². The minimum atomic E-state index is -0.560. The van der Waals surface area contributed by atoms with E-state index in [1.807, 2.05) is 0 Å². The van der Waals surface area contributed by atoms with E-state index in [4.69, 9.17) is 10.5 Å². The number of carbonyl (C=O) groups is 1. The van der Waals surface area contributed by atoms with Crippen LogP contribution in [0.4, 0.5) is 0 Å². The summed E-state index contributed by atoms with van der Waals surface area (Å²) in [7, 11) is 0. The van der Waals surface area contributed by atoms with Crippen molar-refractivity contribution in [3.8, 4) is 0 Å². The molecule has 1 heterocycles. The van der Waals surface area contributed by atoms with Crippen LogP contribution in [0.1, 0.15) is 6.92 Å². The van der Waals surface area contributed by atoms with Gasteiger partial charge in [-0.3, -0.25) is 0 Å². The second-order valence-electron chi connectivity index (χ2n) is 2.02. The standard InChI is InChI=1S/C6H10N2O3/c1-2-10-6(9)4-3-5(7)11-8-4/h3-4,8H,2,7H2,1H3. The van der Waals surface area contributed by atoms with Crippen LogP contribution >= 0.6 is 0 Å². The van der Waals surface area contributed by atoms with Crippen molar-refractivity contribution in [2.24, 2.45) is 5.73 Å². The molecular formula is C6H10N2O3. The molecule has 0 radical (unpaired) electrons. The Morgan fingerprint density at radius 2 is 2.73 bits per heavy atom. The number of nitrogens with two attached hydrogens (primary N) is 1. The van der Waals surface area contributed by atoms with E-state index in [2.05, 4.69) is 10.3 Å². The zero-order chi connectivity index (χ0) is 8.27. The summed E-state index contributed by atoms with van der Waals surface area (Å²) in [4.78, 5) is 15.5. The van der Waals surface area contributed by atoms with Crippen molar-refractivity contribution < 1.29 is 14.4 Å². The van der Waals surface area contributed by atoms with Gasteiger partial charge >= 0.3 is 5.97 Å². The fourth-order valence-corrected chi connectivity index (χ4v) is 0.712. The van der Waals surface area contributed by atoms with Crippen molar-refractivity contribution in [2.75, 3.05) is 6.61 Å². The number of carbonyl (C=O) groups excluding carboxylic acids is 1. The van der Waals surface area contributed by atoms with Crippen LogP contribution < -0.4 is 11.2 Å². The van der Waals surface area contributed by atoms with Gasteiger partial charge in [-0.25, -0.2) is 4.79 Å². The topological polar surface area (TPSA) is 73.6 Å². The first-order valence-electron chi connectivity index (χ1n) is 3.30. The third-order valence-corrected chi connectivity index (χ3v) is 1.18. The van der Waals surface area contributed by atoms with E-state index >= 15 is 0 Å². The molecule has 1 rings (SSSR count). The first-order valence-corrected chi connectivity index (χ1v) is 3.30. The third-order valence-electron chi connectivity index (χ3n) is 1.18. The van der Waals surface area contributed by atoms with Crippen molar-refractivity contribution in [1.29, 1.82) is 0 Å². The molecule has 0 aliphatic carbocycles. The number of rotatable bonds is 2. The third kappa shape index (κ3) is 1.84. The van der Waals surface area contributed by atoms with Gasteiger partial charge in [0.15, 0.2) is 6.04 Å². The maximum absolute atomic E-state index is 10.9. The molecule has 1 aliphatic rings. The molecule has 1 unspecified atom stereocenters. The van der Waals surface area contributed by atoms with Crippen LogP contribution in [0.15, 0.2) is 12.0 Å². The van der Waals surface area contributed by atoms with Gasteiger partial charge in [0.25, 0.3) is 0 Å². The lowest BCUT2D eigenvalue weighted by Gasteiger charge is -2.05. The first kappa shape index (κ1) is 7.87. The number of hydroxylamine groups is 1. The van der Waals surface area contributed by atoms with Crippen molar-refractivity contribution in [3.63, 3.8) is 0 Å². The molecule has 0 saturated carbocycles. The molecule has 0 fully saturated rings. The fraction of sp³-hybridized carbons (Fsp3) is 0.500. The summed E-state index contributed by atoms with van der Waals surface area (Å²) in [5.74, 6) is -0.184. The van der Waals surface area contributed by atoms with Gasteiger partial charge in [0.1, 0.15) is 0 Å². The Kier molecular flexibility index (Phi) is 2.32. The van der Waals surface area contributed by atoms with Crippen LogP contribution in [0.25, 0.3) is 0 Å². The number of hydrogen-bond donors (Lipinski definition) is 2. The number of hydrogen-bond acceptors (Lipinski definition) is 5. The molecule has 62 valence electrons.